The predicted octanol–water partition coefficient (Wildman–Crippen LogP) is -0.675. The van der Waals surface area contributed by atoms with Gasteiger partial charge in [0.15, 0.2) is 0 Å². The summed E-state index contributed by atoms with van der Waals surface area (Å²) in [6.45, 7) is 1.15. The maximum Gasteiger partial charge on any atom is 0.249 e. The lowest BCUT2D eigenvalue weighted by Crippen LogP contribution is -2.35. The molecule has 0 bridgehead atoms. The van der Waals surface area contributed by atoms with Crippen molar-refractivity contribution in [2.45, 2.75) is 19.1 Å². The second-order valence-corrected chi connectivity index (χ2v) is 4.27. The van der Waals surface area contributed by atoms with E-state index >= 15 is 0 Å². The number of nitrogens with two attached hydrogens (primary N) is 1. The largest absolute Gasteiger partial charge is 0.497 e. The van der Waals surface area contributed by atoms with E-state index < -0.39 is 18.1 Å². The molecule has 0 spiro atoms. The SMILES string of the molecule is COc1ccc(C(O)C(O)CNC(C)=O)c(C(N)=O)c1. The Labute approximate surface area is 116 Å². The molecule has 110 valence electrons. The van der Waals surface area contributed by atoms with Gasteiger partial charge in [0.05, 0.1) is 7.11 Å². The number of aliphatic hydroxyl groups excluding tert-OH is 2. The molecular weight excluding hydrogens is 264 g/mol. The van der Waals surface area contributed by atoms with E-state index in [9.17, 15) is 19.8 Å². The van der Waals surface area contributed by atoms with Crippen molar-refractivity contribution in [3.8, 4) is 5.75 Å². The number of hydrogen-bond donors (Lipinski definition) is 4. The van der Waals surface area contributed by atoms with Crippen LogP contribution in [0.15, 0.2) is 18.2 Å². The van der Waals surface area contributed by atoms with Gasteiger partial charge in [-0.25, -0.2) is 0 Å². The molecule has 0 aromatic heterocycles. The minimum atomic E-state index is -1.35. The third-order valence-electron chi connectivity index (χ3n) is 2.77. The number of methoxy groups -OCH3 is 1. The molecule has 5 N–H and O–H groups in total. The van der Waals surface area contributed by atoms with Gasteiger partial charge in [0.1, 0.15) is 18.0 Å². The van der Waals surface area contributed by atoms with Gasteiger partial charge < -0.3 is 26.0 Å². The van der Waals surface area contributed by atoms with Crippen molar-refractivity contribution < 1.29 is 24.5 Å². The molecule has 7 nitrogen and oxygen atoms in total. The molecule has 0 heterocycles. The van der Waals surface area contributed by atoms with E-state index in [4.69, 9.17) is 10.5 Å². The van der Waals surface area contributed by atoms with E-state index in [-0.39, 0.29) is 23.6 Å². The van der Waals surface area contributed by atoms with Crippen molar-refractivity contribution in [3.05, 3.63) is 29.3 Å². The van der Waals surface area contributed by atoms with E-state index in [0.717, 1.165) is 0 Å². The predicted molar refractivity (Wildman–Crippen MR) is 71.2 cm³/mol. The van der Waals surface area contributed by atoms with Crippen LogP contribution in [0, 0.1) is 0 Å². The summed E-state index contributed by atoms with van der Waals surface area (Å²) in [4.78, 5) is 22.2. The van der Waals surface area contributed by atoms with Crippen LogP contribution in [0.5, 0.6) is 5.75 Å². The van der Waals surface area contributed by atoms with Crippen molar-refractivity contribution >= 4 is 11.8 Å². The third kappa shape index (κ3) is 3.94. The van der Waals surface area contributed by atoms with E-state index in [1.807, 2.05) is 0 Å². The first kappa shape index (κ1) is 15.9. The van der Waals surface area contributed by atoms with Gasteiger partial charge in [0.2, 0.25) is 11.8 Å². The molecule has 2 amide bonds. The molecule has 1 aromatic carbocycles. The summed E-state index contributed by atoms with van der Waals surface area (Å²) in [6.07, 6.45) is -2.61. The highest BCUT2D eigenvalue weighted by molar-refractivity contribution is 5.95. The fraction of sp³-hybridized carbons (Fsp3) is 0.385. The van der Waals surface area contributed by atoms with Crippen LogP contribution < -0.4 is 15.8 Å². The van der Waals surface area contributed by atoms with Crippen LogP contribution >= 0.6 is 0 Å². The lowest BCUT2D eigenvalue weighted by molar-refractivity contribution is -0.119. The van der Waals surface area contributed by atoms with Crippen LogP contribution in [-0.4, -0.2) is 41.8 Å². The molecule has 2 atom stereocenters. The topological polar surface area (TPSA) is 122 Å². The van der Waals surface area contributed by atoms with Crippen LogP contribution in [-0.2, 0) is 4.79 Å². The fourth-order valence-corrected chi connectivity index (χ4v) is 1.70. The van der Waals surface area contributed by atoms with Crippen molar-refractivity contribution in [1.82, 2.24) is 5.32 Å². The standard InChI is InChI=1S/C13H18N2O5/c1-7(16)15-6-11(17)12(18)9-4-3-8(20-2)5-10(9)13(14)19/h3-5,11-12,17-18H,6H2,1-2H3,(H2,14,19)(H,15,16). The number of carbonyl (C=O) groups is 2. The van der Waals surface area contributed by atoms with Crippen molar-refractivity contribution in [2.75, 3.05) is 13.7 Å². The zero-order chi connectivity index (χ0) is 15.3. The van der Waals surface area contributed by atoms with Crippen molar-refractivity contribution in [1.29, 1.82) is 0 Å². The summed E-state index contributed by atoms with van der Waals surface area (Å²) in [5.74, 6) is -0.670. The van der Waals surface area contributed by atoms with Gasteiger partial charge in [-0.2, -0.15) is 0 Å². The first-order valence-corrected chi connectivity index (χ1v) is 5.95. The second kappa shape index (κ2) is 6.88. The van der Waals surface area contributed by atoms with Crippen LogP contribution in [0.2, 0.25) is 0 Å². The first-order valence-electron chi connectivity index (χ1n) is 5.95. The van der Waals surface area contributed by atoms with E-state index in [0.29, 0.717) is 5.75 Å². The summed E-state index contributed by atoms with van der Waals surface area (Å²) in [5.41, 5.74) is 5.47. The van der Waals surface area contributed by atoms with E-state index in [1.54, 1.807) is 0 Å². The number of hydrogen-bond acceptors (Lipinski definition) is 5. The minimum absolute atomic E-state index is 0.0544. The van der Waals surface area contributed by atoms with Crippen molar-refractivity contribution in [2.24, 2.45) is 5.73 Å². The molecule has 0 radical (unpaired) electrons. The molecule has 0 saturated carbocycles. The minimum Gasteiger partial charge on any atom is -0.497 e. The second-order valence-electron chi connectivity index (χ2n) is 4.27. The monoisotopic (exact) mass is 282 g/mol. The summed E-state index contributed by atoms with van der Waals surface area (Å²) in [5, 5.41) is 22.2. The number of aliphatic hydroxyl groups is 2. The van der Waals surface area contributed by atoms with Crippen LogP contribution in [0.1, 0.15) is 28.9 Å². The number of nitrogens with one attached hydrogen (secondary N) is 1. The lowest BCUT2D eigenvalue weighted by atomic mass is 9.97. The van der Waals surface area contributed by atoms with Gasteiger partial charge in [0.25, 0.3) is 0 Å². The van der Waals surface area contributed by atoms with Crippen molar-refractivity contribution in [3.63, 3.8) is 0 Å². The highest BCUT2D eigenvalue weighted by atomic mass is 16.5. The molecule has 1 aromatic rings. The Balaban J connectivity index is 2.99. The number of amides is 2. The number of primary amides is 1. The van der Waals surface area contributed by atoms with Crippen LogP contribution in [0.25, 0.3) is 0 Å². The molecule has 7 heteroatoms. The van der Waals surface area contributed by atoms with Gasteiger partial charge in [-0.1, -0.05) is 6.07 Å². The molecule has 0 aliphatic heterocycles. The highest BCUT2D eigenvalue weighted by Crippen LogP contribution is 2.25. The third-order valence-corrected chi connectivity index (χ3v) is 2.77. The molecule has 20 heavy (non-hydrogen) atoms. The Kier molecular flexibility index (Phi) is 5.48. The van der Waals surface area contributed by atoms with Crippen LogP contribution in [0.4, 0.5) is 0 Å². The molecule has 0 saturated heterocycles. The maximum absolute atomic E-state index is 11.4. The highest BCUT2D eigenvalue weighted by Gasteiger charge is 2.23. The maximum atomic E-state index is 11.4. The Morgan fingerprint density at radius 1 is 1.40 bits per heavy atom. The quantitative estimate of drug-likeness (QED) is 0.551. The zero-order valence-electron chi connectivity index (χ0n) is 11.3. The summed E-state index contributed by atoms with van der Waals surface area (Å²) >= 11 is 0. The Morgan fingerprint density at radius 2 is 2.05 bits per heavy atom. The summed E-state index contributed by atoms with van der Waals surface area (Å²) in [7, 11) is 1.43. The Morgan fingerprint density at radius 3 is 2.55 bits per heavy atom. The van der Waals surface area contributed by atoms with E-state index in [1.165, 1.54) is 32.2 Å². The average molecular weight is 282 g/mol. The normalized spacial score (nSPS) is 13.4. The lowest BCUT2D eigenvalue weighted by Gasteiger charge is -2.20. The van der Waals surface area contributed by atoms with Gasteiger partial charge in [0, 0.05) is 19.0 Å². The molecule has 0 fully saturated rings. The van der Waals surface area contributed by atoms with Gasteiger partial charge in [-0.05, 0) is 17.7 Å². The first-order chi connectivity index (χ1) is 9.36. The van der Waals surface area contributed by atoms with Gasteiger partial charge >= 0.3 is 0 Å². The zero-order valence-corrected chi connectivity index (χ0v) is 11.3. The number of rotatable bonds is 6. The fourth-order valence-electron chi connectivity index (χ4n) is 1.70. The van der Waals surface area contributed by atoms with Gasteiger partial charge in [-0.3, -0.25) is 9.59 Å². The molecule has 1 rings (SSSR count). The van der Waals surface area contributed by atoms with Crippen LogP contribution in [0.3, 0.4) is 0 Å². The number of benzene rings is 1. The molecular formula is C13H18N2O5. The Hall–Kier alpha value is -2.12. The molecule has 2 unspecified atom stereocenters. The summed E-state index contributed by atoms with van der Waals surface area (Å²) in [6, 6.07) is 4.36. The Bertz CT molecular complexity index is 504. The molecule has 0 aliphatic carbocycles. The molecule has 0 aliphatic rings. The smallest absolute Gasteiger partial charge is 0.249 e. The average Bonchev–Trinajstić information content (AvgIpc) is 2.43. The summed E-state index contributed by atoms with van der Waals surface area (Å²) < 4.78 is 4.97. The number of carbonyl (C=O) groups excluding carboxylic acids is 2. The van der Waals surface area contributed by atoms with E-state index in [2.05, 4.69) is 5.32 Å². The number of ether oxygens (including phenoxy) is 1. The van der Waals surface area contributed by atoms with Gasteiger partial charge in [-0.15, -0.1) is 0 Å².